The lowest BCUT2D eigenvalue weighted by Crippen LogP contribution is -2.46. The maximum Gasteiger partial charge on any atom is 0.172 e. The van der Waals surface area contributed by atoms with Crippen molar-refractivity contribution < 1.29 is 4.52 Å². The van der Waals surface area contributed by atoms with Gasteiger partial charge in [-0.15, -0.1) is 0 Å². The quantitative estimate of drug-likeness (QED) is 0.771. The lowest BCUT2D eigenvalue weighted by atomic mass is 9.90. The van der Waals surface area contributed by atoms with Crippen LogP contribution in [-0.4, -0.2) is 24.3 Å². The Bertz CT molecular complexity index is 273. The molecule has 4 nitrogen and oxygen atoms in total. The molecule has 1 saturated heterocycles. The third kappa shape index (κ3) is 1.62. The van der Waals surface area contributed by atoms with Crippen LogP contribution in [0.5, 0.6) is 0 Å². The Morgan fingerprint density at radius 1 is 1.71 bits per heavy atom. The number of nitrogens with zero attached hydrogens (tertiary/aromatic N) is 2. The number of hydrogen-bond acceptors (Lipinski definition) is 4. The number of anilines is 1. The summed E-state index contributed by atoms with van der Waals surface area (Å²) in [6.45, 7) is 4.03. The second-order valence-electron chi connectivity index (χ2n) is 3.93. The van der Waals surface area contributed by atoms with E-state index in [4.69, 9.17) is 10.3 Å². The SMILES string of the molecule is C[C@@H]1[C@@H](CN)CCCN1c1ccon1. The first-order valence-corrected chi connectivity index (χ1v) is 5.20. The van der Waals surface area contributed by atoms with E-state index in [0.29, 0.717) is 12.0 Å². The van der Waals surface area contributed by atoms with E-state index in [1.807, 2.05) is 6.07 Å². The van der Waals surface area contributed by atoms with Gasteiger partial charge in [0.15, 0.2) is 5.82 Å². The summed E-state index contributed by atoms with van der Waals surface area (Å²) in [6.07, 6.45) is 4.04. The zero-order chi connectivity index (χ0) is 9.97. The fourth-order valence-corrected chi connectivity index (χ4v) is 2.22. The molecule has 2 N–H and O–H groups in total. The standard InChI is InChI=1S/C10H17N3O/c1-8-9(7-11)3-2-5-13(8)10-4-6-14-12-10/h4,6,8-9H,2-3,5,7,11H2,1H3/t8-,9-/m1/s1. The van der Waals surface area contributed by atoms with Crippen molar-refractivity contribution >= 4 is 5.82 Å². The summed E-state index contributed by atoms with van der Waals surface area (Å²) < 4.78 is 4.86. The average Bonchev–Trinajstić information content (AvgIpc) is 2.71. The number of rotatable bonds is 2. The molecule has 78 valence electrons. The summed E-state index contributed by atoms with van der Waals surface area (Å²) in [5, 5.41) is 3.97. The molecular formula is C10H17N3O. The topological polar surface area (TPSA) is 55.3 Å². The monoisotopic (exact) mass is 195 g/mol. The van der Waals surface area contributed by atoms with Crippen LogP contribution in [0, 0.1) is 5.92 Å². The lowest BCUT2D eigenvalue weighted by Gasteiger charge is -2.38. The van der Waals surface area contributed by atoms with Crippen LogP contribution in [0.4, 0.5) is 5.82 Å². The van der Waals surface area contributed by atoms with Crippen molar-refractivity contribution in [3.8, 4) is 0 Å². The number of piperidine rings is 1. The molecule has 1 aliphatic heterocycles. The van der Waals surface area contributed by atoms with E-state index in [9.17, 15) is 0 Å². The summed E-state index contributed by atoms with van der Waals surface area (Å²) in [7, 11) is 0. The maximum atomic E-state index is 5.74. The van der Waals surface area contributed by atoms with Crippen molar-refractivity contribution in [1.29, 1.82) is 0 Å². The van der Waals surface area contributed by atoms with Crippen LogP contribution in [0.2, 0.25) is 0 Å². The lowest BCUT2D eigenvalue weighted by molar-refractivity contribution is 0.336. The van der Waals surface area contributed by atoms with Crippen molar-refractivity contribution in [3.05, 3.63) is 12.3 Å². The number of aromatic nitrogens is 1. The van der Waals surface area contributed by atoms with Gasteiger partial charge < -0.3 is 15.2 Å². The van der Waals surface area contributed by atoms with E-state index in [0.717, 1.165) is 18.9 Å². The number of nitrogens with two attached hydrogens (primary N) is 1. The summed E-state index contributed by atoms with van der Waals surface area (Å²) in [5.74, 6) is 1.52. The van der Waals surface area contributed by atoms with Gasteiger partial charge in [0.25, 0.3) is 0 Å². The Morgan fingerprint density at radius 2 is 2.57 bits per heavy atom. The fourth-order valence-electron chi connectivity index (χ4n) is 2.22. The molecule has 2 rings (SSSR count). The van der Waals surface area contributed by atoms with E-state index in [-0.39, 0.29) is 0 Å². The summed E-state index contributed by atoms with van der Waals surface area (Å²) in [5.41, 5.74) is 5.74. The van der Waals surface area contributed by atoms with Crippen LogP contribution in [0.3, 0.4) is 0 Å². The van der Waals surface area contributed by atoms with Crippen LogP contribution in [-0.2, 0) is 0 Å². The van der Waals surface area contributed by atoms with Gasteiger partial charge in [-0.2, -0.15) is 0 Å². The summed E-state index contributed by atoms with van der Waals surface area (Å²) >= 11 is 0. The highest BCUT2D eigenvalue weighted by Crippen LogP contribution is 2.26. The third-order valence-electron chi connectivity index (χ3n) is 3.17. The van der Waals surface area contributed by atoms with Crippen molar-refractivity contribution in [2.45, 2.75) is 25.8 Å². The molecule has 0 aromatic carbocycles. The molecule has 0 amide bonds. The minimum absolute atomic E-state index is 0.471. The molecule has 0 aliphatic carbocycles. The van der Waals surface area contributed by atoms with Gasteiger partial charge in [0.2, 0.25) is 0 Å². The Hall–Kier alpha value is -1.03. The first-order valence-electron chi connectivity index (χ1n) is 5.20. The van der Waals surface area contributed by atoms with Crippen LogP contribution < -0.4 is 10.6 Å². The molecule has 1 fully saturated rings. The van der Waals surface area contributed by atoms with Crippen molar-refractivity contribution in [2.75, 3.05) is 18.0 Å². The largest absolute Gasteiger partial charge is 0.363 e. The number of hydrogen-bond donors (Lipinski definition) is 1. The smallest absolute Gasteiger partial charge is 0.172 e. The zero-order valence-electron chi connectivity index (χ0n) is 8.52. The van der Waals surface area contributed by atoms with Gasteiger partial charge in [-0.05, 0) is 32.2 Å². The predicted molar refractivity (Wildman–Crippen MR) is 55.1 cm³/mol. The van der Waals surface area contributed by atoms with E-state index < -0.39 is 0 Å². The van der Waals surface area contributed by atoms with E-state index >= 15 is 0 Å². The van der Waals surface area contributed by atoms with Gasteiger partial charge >= 0.3 is 0 Å². The first kappa shape index (κ1) is 9.52. The molecule has 2 atom stereocenters. The molecule has 0 spiro atoms. The van der Waals surface area contributed by atoms with Gasteiger partial charge in [0.05, 0.1) is 0 Å². The van der Waals surface area contributed by atoms with Gasteiger partial charge in [0, 0.05) is 18.7 Å². The molecule has 2 heterocycles. The van der Waals surface area contributed by atoms with E-state index in [2.05, 4.69) is 17.0 Å². The minimum atomic E-state index is 0.471. The average molecular weight is 195 g/mol. The first-order chi connectivity index (χ1) is 6.83. The third-order valence-corrected chi connectivity index (χ3v) is 3.17. The molecule has 1 aromatic rings. The van der Waals surface area contributed by atoms with Crippen molar-refractivity contribution in [1.82, 2.24) is 5.16 Å². The van der Waals surface area contributed by atoms with Gasteiger partial charge in [-0.3, -0.25) is 0 Å². The van der Waals surface area contributed by atoms with Gasteiger partial charge in [-0.1, -0.05) is 5.16 Å². The van der Waals surface area contributed by atoms with Crippen molar-refractivity contribution in [2.24, 2.45) is 11.7 Å². The molecule has 0 unspecified atom stereocenters. The molecule has 1 aromatic heterocycles. The Morgan fingerprint density at radius 3 is 3.21 bits per heavy atom. The van der Waals surface area contributed by atoms with Crippen LogP contribution in [0.15, 0.2) is 16.9 Å². The maximum absolute atomic E-state index is 5.74. The second kappa shape index (κ2) is 4.00. The Kier molecular flexibility index (Phi) is 2.72. The molecular weight excluding hydrogens is 178 g/mol. The van der Waals surface area contributed by atoms with Crippen molar-refractivity contribution in [3.63, 3.8) is 0 Å². The normalized spacial score (nSPS) is 28.0. The molecule has 0 radical (unpaired) electrons. The Balaban J connectivity index is 2.11. The van der Waals surface area contributed by atoms with Crippen LogP contribution >= 0.6 is 0 Å². The molecule has 14 heavy (non-hydrogen) atoms. The molecule has 4 heteroatoms. The highest BCUT2D eigenvalue weighted by molar-refractivity contribution is 5.37. The van der Waals surface area contributed by atoms with E-state index in [1.165, 1.54) is 12.8 Å². The summed E-state index contributed by atoms with van der Waals surface area (Å²) in [6, 6.07) is 2.38. The van der Waals surface area contributed by atoms with Gasteiger partial charge in [-0.25, -0.2) is 0 Å². The Labute approximate surface area is 84.0 Å². The molecule has 0 saturated carbocycles. The highest BCUT2D eigenvalue weighted by atomic mass is 16.5. The fraction of sp³-hybridized carbons (Fsp3) is 0.700. The summed E-state index contributed by atoms with van der Waals surface area (Å²) in [4.78, 5) is 2.28. The van der Waals surface area contributed by atoms with Crippen LogP contribution in [0.1, 0.15) is 19.8 Å². The predicted octanol–water partition coefficient (Wildman–Crippen LogP) is 1.24. The highest BCUT2D eigenvalue weighted by Gasteiger charge is 2.28. The molecule has 0 bridgehead atoms. The minimum Gasteiger partial charge on any atom is -0.363 e. The molecule has 1 aliphatic rings. The zero-order valence-corrected chi connectivity index (χ0v) is 8.52. The van der Waals surface area contributed by atoms with E-state index in [1.54, 1.807) is 6.26 Å². The van der Waals surface area contributed by atoms with Crippen LogP contribution in [0.25, 0.3) is 0 Å². The van der Waals surface area contributed by atoms with Gasteiger partial charge in [0.1, 0.15) is 6.26 Å². The second-order valence-corrected chi connectivity index (χ2v) is 3.93.